The van der Waals surface area contributed by atoms with Crippen molar-refractivity contribution in [3.63, 3.8) is 0 Å². The monoisotopic (exact) mass is 349 g/mol. The molecule has 140 valence electrons. The van der Waals surface area contributed by atoms with Gasteiger partial charge in [0, 0.05) is 6.54 Å². The molecule has 0 aromatic rings. The zero-order valence-corrected chi connectivity index (χ0v) is 15.5. The first-order chi connectivity index (χ1) is 11.8. The number of hydrogen-bond donors (Lipinski definition) is 1. The summed E-state index contributed by atoms with van der Waals surface area (Å²) in [7, 11) is 0. The predicted molar refractivity (Wildman–Crippen MR) is 93.1 cm³/mol. The Morgan fingerprint density at radius 2 is 1.68 bits per heavy atom. The summed E-state index contributed by atoms with van der Waals surface area (Å²) in [6.07, 6.45) is 10.5. The van der Waals surface area contributed by atoms with E-state index >= 15 is 0 Å². The van der Waals surface area contributed by atoms with Gasteiger partial charge in [-0.1, -0.05) is 0 Å². The molecule has 5 rings (SSSR count). The van der Waals surface area contributed by atoms with E-state index in [9.17, 15) is 9.59 Å². The van der Waals surface area contributed by atoms with Crippen LogP contribution in [0.1, 0.15) is 71.6 Å². The normalized spacial score (nSPS) is 39.2. The summed E-state index contributed by atoms with van der Waals surface area (Å²) in [4.78, 5) is 24.8. The lowest BCUT2D eigenvalue weighted by molar-refractivity contribution is -0.147. The lowest BCUT2D eigenvalue weighted by Gasteiger charge is -2.57. The minimum atomic E-state index is -0.936. The molecule has 5 aliphatic rings. The molecule has 1 amide bonds. The van der Waals surface area contributed by atoms with Crippen LogP contribution in [-0.2, 0) is 9.53 Å². The standard InChI is InChI=1S/C20H31NO4/c1-19(2,25-18(24)21-6-3-16(21)17(22)23)4-5-20-10-13-7-14(11-20)9-15(8-13)12-20/h13-16H,3-12H2,1-2H3,(H,22,23). The molecule has 0 radical (unpaired) electrons. The van der Waals surface area contributed by atoms with Crippen LogP contribution in [0.2, 0.25) is 0 Å². The van der Waals surface area contributed by atoms with E-state index in [1.165, 1.54) is 43.4 Å². The fourth-order valence-electron chi connectivity index (χ4n) is 6.37. The van der Waals surface area contributed by atoms with Crippen molar-refractivity contribution >= 4 is 12.1 Å². The van der Waals surface area contributed by atoms with E-state index in [0.29, 0.717) is 18.4 Å². The summed E-state index contributed by atoms with van der Waals surface area (Å²) in [6, 6.07) is -0.702. The SMILES string of the molecule is CC(C)(CCC12CC3CC(CC(C3)C1)C2)OC(=O)N1CCC1C(=O)O. The second-order valence-electron chi connectivity index (χ2n) is 9.88. The third-order valence-electron chi connectivity index (χ3n) is 7.33. The van der Waals surface area contributed by atoms with Gasteiger partial charge in [-0.25, -0.2) is 9.59 Å². The Morgan fingerprint density at radius 1 is 1.12 bits per heavy atom. The Morgan fingerprint density at radius 3 is 2.12 bits per heavy atom. The Hall–Kier alpha value is -1.26. The van der Waals surface area contributed by atoms with Crippen molar-refractivity contribution in [3.05, 3.63) is 0 Å². The van der Waals surface area contributed by atoms with E-state index < -0.39 is 23.7 Å². The van der Waals surface area contributed by atoms with Crippen LogP contribution >= 0.6 is 0 Å². The summed E-state index contributed by atoms with van der Waals surface area (Å²) in [5, 5.41) is 9.10. The smallest absolute Gasteiger partial charge is 0.411 e. The van der Waals surface area contributed by atoms with Crippen LogP contribution in [0.5, 0.6) is 0 Å². The molecular formula is C20H31NO4. The van der Waals surface area contributed by atoms with Crippen LogP contribution in [0.3, 0.4) is 0 Å². The maximum Gasteiger partial charge on any atom is 0.411 e. The third kappa shape index (κ3) is 3.26. The molecule has 1 saturated heterocycles. The van der Waals surface area contributed by atoms with Crippen molar-refractivity contribution < 1.29 is 19.4 Å². The molecule has 1 heterocycles. The predicted octanol–water partition coefficient (Wildman–Crippen LogP) is 4.06. The average Bonchev–Trinajstić information content (AvgIpc) is 2.41. The fraction of sp³-hybridized carbons (Fsp3) is 0.900. The Kier molecular flexibility index (Phi) is 4.04. The van der Waals surface area contributed by atoms with Gasteiger partial charge in [0.25, 0.3) is 0 Å². The molecule has 0 aromatic carbocycles. The second kappa shape index (κ2) is 5.88. The van der Waals surface area contributed by atoms with Crippen molar-refractivity contribution in [2.75, 3.05) is 6.54 Å². The van der Waals surface area contributed by atoms with Crippen molar-refractivity contribution in [2.45, 2.75) is 83.3 Å². The number of likely N-dealkylation sites (tertiary alicyclic amines) is 1. The van der Waals surface area contributed by atoms with Crippen LogP contribution in [0, 0.1) is 23.2 Å². The molecule has 1 unspecified atom stereocenters. The van der Waals surface area contributed by atoms with E-state index in [1.54, 1.807) is 0 Å². The number of hydrogen-bond acceptors (Lipinski definition) is 3. The highest BCUT2D eigenvalue weighted by molar-refractivity contribution is 5.82. The van der Waals surface area contributed by atoms with Gasteiger partial charge in [-0.15, -0.1) is 0 Å². The van der Waals surface area contributed by atoms with Gasteiger partial charge in [0.2, 0.25) is 0 Å². The molecule has 4 aliphatic carbocycles. The van der Waals surface area contributed by atoms with Crippen molar-refractivity contribution in [2.24, 2.45) is 23.2 Å². The number of rotatable bonds is 5. The number of amides is 1. The van der Waals surface area contributed by atoms with Crippen LogP contribution < -0.4 is 0 Å². The molecular weight excluding hydrogens is 318 g/mol. The van der Waals surface area contributed by atoms with Crippen molar-refractivity contribution in [1.29, 1.82) is 0 Å². The van der Waals surface area contributed by atoms with Crippen molar-refractivity contribution in [1.82, 2.24) is 4.90 Å². The highest BCUT2D eigenvalue weighted by Gasteiger charge is 2.51. The molecule has 5 heteroatoms. The first kappa shape index (κ1) is 17.2. The van der Waals surface area contributed by atoms with Gasteiger partial charge in [0.1, 0.15) is 11.6 Å². The highest BCUT2D eigenvalue weighted by Crippen LogP contribution is 2.62. The van der Waals surface area contributed by atoms with Gasteiger partial charge in [0.15, 0.2) is 0 Å². The molecule has 4 bridgehead atoms. The van der Waals surface area contributed by atoms with Gasteiger partial charge in [-0.2, -0.15) is 0 Å². The quantitative estimate of drug-likeness (QED) is 0.813. The summed E-state index contributed by atoms with van der Waals surface area (Å²) >= 11 is 0. The lowest BCUT2D eigenvalue weighted by atomic mass is 9.48. The maximum atomic E-state index is 12.3. The number of carboxylic acids is 1. The van der Waals surface area contributed by atoms with Gasteiger partial charge in [-0.3, -0.25) is 4.90 Å². The largest absolute Gasteiger partial charge is 0.480 e. The van der Waals surface area contributed by atoms with E-state index in [-0.39, 0.29) is 0 Å². The number of carboxylic acid groups (broad SMARTS) is 1. The number of carbonyl (C=O) groups excluding carboxylic acids is 1. The molecule has 0 spiro atoms. The summed E-state index contributed by atoms with van der Waals surface area (Å²) in [5.74, 6) is 1.88. The van der Waals surface area contributed by atoms with Crippen molar-refractivity contribution in [3.8, 4) is 0 Å². The highest BCUT2D eigenvalue weighted by atomic mass is 16.6. The molecule has 25 heavy (non-hydrogen) atoms. The third-order valence-corrected chi connectivity index (χ3v) is 7.33. The van der Waals surface area contributed by atoms with E-state index in [1.807, 2.05) is 13.8 Å². The molecule has 1 aliphatic heterocycles. The zero-order chi connectivity index (χ0) is 17.8. The Labute approximate surface area is 150 Å². The summed E-state index contributed by atoms with van der Waals surface area (Å²) in [5.41, 5.74) is -0.0438. The fourth-order valence-corrected chi connectivity index (χ4v) is 6.37. The Balaban J connectivity index is 1.33. The number of carbonyl (C=O) groups is 2. The summed E-state index contributed by atoms with van der Waals surface area (Å²) < 4.78 is 5.71. The Bertz CT molecular complexity index is 535. The van der Waals surface area contributed by atoms with E-state index in [2.05, 4.69) is 0 Å². The number of nitrogens with zero attached hydrogens (tertiary/aromatic N) is 1. The maximum absolute atomic E-state index is 12.3. The molecule has 1 atom stereocenters. The van der Waals surface area contributed by atoms with Crippen LogP contribution in [0.4, 0.5) is 4.79 Å². The molecule has 5 fully saturated rings. The zero-order valence-electron chi connectivity index (χ0n) is 15.5. The second-order valence-corrected chi connectivity index (χ2v) is 9.88. The molecule has 0 aromatic heterocycles. The molecule has 4 saturated carbocycles. The van der Waals surface area contributed by atoms with Crippen LogP contribution in [0.15, 0.2) is 0 Å². The van der Waals surface area contributed by atoms with Crippen LogP contribution in [-0.4, -0.2) is 40.3 Å². The minimum Gasteiger partial charge on any atom is -0.480 e. The molecule has 1 N–H and O–H groups in total. The topological polar surface area (TPSA) is 66.8 Å². The molecule has 5 nitrogen and oxygen atoms in total. The average molecular weight is 349 g/mol. The van der Waals surface area contributed by atoms with Gasteiger partial charge in [0.05, 0.1) is 0 Å². The van der Waals surface area contributed by atoms with E-state index in [0.717, 1.165) is 30.6 Å². The van der Waals surface area contributed by atoms with Crippen LogP contribution in [0.25, 0.3) is 0 Å². The summed E-state index contributed by atoms with van der Waals surface area (Å²) in [6.45, 7) is 4.43. The number of aliphatic carboxylic acids is 1. The van der Waals surface area contributed by atoms with Gasteiger partial charge >= 0.3 is 12.1 Å². The van der Waals surface area contributed by atoms with Gasteiger partial charge in [-0.05, 0) is 94.8 Å². The first-order valence-electron chi connectivity index (χ1n) is 9.98. The van der Waals surface area contributed by atoms with Gasteiger partial charge < -0.3 is 9.84 Å². The minimum absolute atomic E-state index is 0.464. The van der Waals surface area contributed by atoms with E-state index in [4.69, 9.17) is 9.84 Å². The first-order valence-corrected chi connectivity index (χ1v) is 9.98. The number of ether oxygens (including phenoxy) is 1. The lowest BCUT2D eigenvalue weighted by Crippen LogP contribution is -2.56.